The second-order valence-electron chi connectivity index (χ2n) is 8.37. The number of hydrogen-bond donors (Lipinski definition) is 2. The first-order valence-electron chi connectivity index (χ1n) is 11.3. The number of anilines is 2. The summed E-state index contributed by atoms with van der Waals surface area (Å²) in [6.07, 6.45) is 3.41. The molecule has 3 heterocycles. The van der Waals surface area contributed by atoms with E-state index in [1.807, 2.05) is 42.5 Å². The van der Waals surface area contributed by atoms with Gasteiger partial charge in [-0.2, -0.15) is 5.26 Å². The molecule has 2 aliphatic heterocycles. The zero-order chi connectivity index (χ0) is 24.2. The van der Waals surface area contributed by atoms with Gasteiger partial charge in [-0.15, -0.1) is 11.8 Å². The van der Waals surface area contributed by atoms with E-state index in [4.69, 9.17) is 10.00 Å². The Bertz CT molecular complexity index is 1320. The Labute approximate surface area is 207 Å². The number of aromatic nitrogens is 1. The first-order valence-corrected chi connectivity index (χ1v) is 12.3. The lowest BCUT2D eigenvalue weighted by Gasteiger charge is -2.20. The van der Waals surface area contributed by atoms with Crippen molar-refractivity contribution in [2.45, 2.75) is 24.0 Å². The molecule has 0 radical (unpaired) electrons. The van der Waals surface area contributed by atoms with Crippen LogP contribution in [0.1, 0.15) is 17.5 Å². The number of ether oxygens (including phenoxy) is 1. The number of amides is 2. The number of pyridine rings is 1. The largest absolute Gasteiger partial charge is 0.444 e. The van der Waals surface area contributed by atoms with Crippen molar-refractivity contribution >= 4 is 35.1 Å². The highest BCUT2D eigenvalue weighted by atomic mass is 32.2. The molecule has 2 amide bonds. The van der Waals surface area contributed by atoms with E-state index in [9.17, 15) is 9.59 Å². The number of fused-ring (bicyclic) bond motifs is 1. The number of hydrogen-bond acceptors (Lipinski definition) is 7. The van der Waals surface area contributed by atoms with Gasteiger partial charge in [-0.3, -0.25) is 14.7 Å². The number of benzene rings is 2. The molecular weight excluding hydrogens is 462 g/mol. The molecule has 1 unspecified atom stereocenters. The predicted molar refractivity (Wildman–Crippen MR) is 134 cm³/mol. The van der Waals surface area contributed by atoms with Crippen LogP contribution in [0.25, 0.3) is 11.1 Å². The average molecular weight is 486 g/mol. The van der Waals surface area contributed by atoms with Crippen molar-refractivity contribution in [1.29, 1.82) is 5.26 Å². The molecule has 2 aromatic carbocycles. The summed E-state index contributed by atoms with van der Waals surface area (Å²) >= 11 is 1.49. The Morgan fingerprint density at radius 2 is 2.09 bits per heavy atom. The van der Waals surface area contributed by atoms with Gasteiger partial charge in [0.25, 0.3) is 0 Å². The summed E-state index contributed by atoms with van der Waals surface area (Å²) in [7, 11) is 0. The molecule has 0 saturated carbocycles. The van der Waals surface area contributed by atoms with Gasteiger partial charge in [-0.1, -0.05) is 18.2 Å². The summed E-state index contributed by atoms with van der Waals surface area (Å²) in [5, 5.41) is 15.4. The normalized spacial score (nSPS) is 16.9. The first kappa shape index (κ1) is 22.9. The Kier molecular flexibility index (Phi) is 6.66. The van der Waals surface area contributed by atoms with Crippen molar-refractivity contribution < 1.29 is 14.3 Å². The maximum Gasteiger partial charge on any atom is 0.414 e. The molecule has 2 aliphatic rings. The number of rotatable bonds is 7. The highest BCUT2D eigenvalue weighted by Crippen LogP contribution is 2.35. The molecule has 0 aliphatic carbocycles. The van der Waals surface area contributed by atoms with E-state index in [1.54, 1.807) is 17.3 Å². The lowest BCUT2D eigenvalue weighted by atomic mass is 10.0. The van der Waals surface area contributed by atoms with Crippen molar-refractivity contribution in [3.63, 3.8) is 0 Å². The van der Waals surface area contributed by atoms with Gasteiger partial charge in [-0.05, 0) is 54.4 Å². The molecule has 1 fully saturated rings. The van der Waals surface area contributed by atoms with Crippen LogP contribution in [-0.4, -0.2) is 41.9 Å². The van der Waals surface area contributed by atoms with E-state index in [0.29, 0.717) is 37.4 Å². The molecule has 1 aromatic heterocycles. The summed E-state index contributed by atoms with van der Waals surface area (Å²) in [5.74, 6) is 0.369. The second-order valence-corrected chi connectivity index (χ2v) is 9.39. The summed E-state index contributed by atoms with van der Waals surface area (Å²) < 4.78 is 5.57. The van der Waals surface area contributed by atoms with Crippen LogP contribution in [0.15, 0.2) is 65.8 Å². The Morgan fingerprint density at radius 3 is 2.97 bits per heavy atom. The third-order valence-electron chi connectivity index (χ3n) is 5.88. The fraction of sp³-hybridized carbons (Fsp3) is 0.231. The van der Waals surface area contributed by atoms with E-state index < -0.39 is 0 Å². The molecular formula is C26H23N5O3S. The van der Waals surface area contributed by atoms with Gasteiger partial charge in [0.2, 0.25) is 5.91 Å². The molecule has 0 bridgehead atoms. The maximum absolute atomic E-state index is 12.5. The molecule has 35 heavy (non-hydrogen) atoms. The van der Waals surface area contributed by atoms with Crippen molar-refractivity contribution in [3.8, 4) is 17.2 Å². The van der Waals surface area contributed by atoms with Crippen LogP contribution in [0.4, 0.5) is 16.2 Å². The van der Waals surface area contributed by atoms with E-state index in [2.05, 4.69) is 27.8 Å². The zero-order valence-corrected chi connectivity index (χ0v) is 19.7. The van der Waals surface area contributed by atoms with Crippen LogP contribution in [-0.2, 0) is 16.1 Å². The SMILES string of the molecule is N#Cc1cncc(-c2cccc(CNCCC3CN(c4ccc5c(c4)NC(=O)CS5)C(=O)O3)c2)c1. The van der Waals surface area contributed by atoms with Crippen LogP contribution in [0.2, 0.25) is 0 Å². The average Bonchev–Trinajstić information content (AvgIpc) is 3.26. The van der Waals surface area contributed by atoms with Crippen molar-refractivity contribution in [2.75, 3.05) is 29.1 Å². The summed E-state index contributed by atoms with van der Waals surface area (Å²) in [4.78, 5) is 30.9. The lowest BCUT2D eigenvalue weighted by Crippen LogP contribution is -2.26. The standard InChI is InChI=1S/C26H23N5O3S/c27-11-18-9-20(14-29-13-18)19-3-1-2-17(8-19)12-28-7-6-22-15-31(26(33)34-22)21-4-5-24-23(10-21)30-25(32)16-35-24/h1-5,8-10,13-14,22,28H,6-7,12,15-16H2,(H,30,32). The van der Waals surface area contributed by atoms with Gasteiger partial charge in [0, 0.05) is 35.1 Å². The topological polar surface area (TPSA) is 107 Å². The van der Waals surface area contributed by atoms with Gasteiger partial charge in [0.05, 0.1) is 23.5 Å². The summed E-state index contributed by atoms with van der Waals surface area (Å²) in [6.45, 7) is 1.84. The van der Waals surface area contributed by atoms with Crippen LogP contribution in [0.3, 0.4) is 0 Å². The van der Waals surface area contributed by atoms with Crippen LogP contribution in [0.5, 0.6) is 0 Å². The first-order chi connectivity index (χ1) is 17.1. The van der Waals surface area contributed by atoms with Crippen LogP contribution < -0.4 is 15.5 Å². The fourth-order valence-corrected chi connectivity index (χ4v) is 4.93. The number of cyclic esters (lactones) is 1. The fourth-order valence-electron chi connectivity index (χ4n) is 4.14. The summed E-state index contributed by atoms with van der Waals surface area (Å²) in [5.41, 5.74) is 5.02. The van der Waals surface area contributed by atoms with Crippen LogP contribution >= 0.6 is 11.8 Å². The molecule has 9 heteroatoms. The molecule has 5 rings (SSSR count). The number of nitriles is 1. The number of thioether (sulfide) groups is 1. The van der Waals surface area contributed by atoms with Crippen molar-refractivity contribution in [1.82, 2.24) is 10.3 Å². The van der Waals surface area contributed by atoms with Gasteiger partial charge >= 0.3 is 6.09 Å². The van der Waals surface area contributed by atoms with Gasteiger partial charge in [0.1, 0.15) is 12.2 Å². The minimum Gasteiger partial charge on any atom is -0.444 e. The molecule has 3 aromatic rings. The number of carbonyl (C=O) groups is 2. The molecule has 1 saturated heterocycles. The van der Waals surface area contributed by atoms with Gasteiger partial charge in [0.15, 0.2) is 0 Å². The van der Waals surface area contributed by atoms with Crippen molar-refractivity contribution in [2.24, 2.45) is 0 Å². The van der Waals surface area contributed by atoms with E-state index in [-0.39, 0.29) is 18.1 Å². The Morgan fingerprint density at radius 1 is 1.17 bits per heavy atom. The van der Waals surface area contributed by atoms with Crippen molar-refractivity contribution in [3.05, 3.63) is 72.1 Å². The minimum atomic E-state index is -0.370. The quantitative estimate of drug-likeness (QED) is 0.484. The van der Waals surface area contributed by atoms with Gasteiger partial charge < -0.3 is 15.4 Å². The number of nitrogens with one attached hydrogen (secondary N) is 2. The molecule has 2 N–H and O–H groups in total. The monoisotopic (exact) mass is 485 g/mol. The van der Waals surface area contributed by atoms with Crippen LogP contribution in [0, 0.1) is 11.3 Å². The third kappa shape index (κ3) is 5.29. The molecule has 1 atom stereocenters. The zero-order valence-electron chi connectivity index (χ0n) is 18.9. The van der Waals surface area contributed by atoms with E-state index in [1.165, 1.54) is 11.8 Å². The highest BCUT2D eigenvalue weighted by Gasteiger charge is 2.32. The Hall–Kier alpha value is -3.87. The molecule has 0 spiro atoms. The highest BCUT2D eigenvalue weighted by molar-refractivity contribution is 8.00. The van der Waals surface area contributed by atoms with E-state index >= 15 is 0 Å². The lowest BCUT2D eigenvalue weighted by molar-refractivity contribution is -0.113. The number of nitrogens with zero attached hydrogens (tertiary/aromatic N) is 3. The summed E-state index contributed by atoms with van der Waals surface area (Å²) in [6, 6.07) is 17.7. The van der Waals surface area contributed by atoms with Gasteiger partial charge in [-0.25, -0.2) is 4.79 Å². The smallest absolute Gasteiger partial charge is 0.414 e. The maximum atomic E-state index is 12.5. The van der Waals surface area contributed by atoms with E-state index in [0.717, 1.165) is 33.0 Å². The predicted octanol–water partition coefficient (Wildman–Crippen LogP) is 4.17. The second kappa shape index (κ2) is 10.2. The third-order valence-corrected chi connectivity index (χ3v) is 6.96. The molecule has 8 nitrogen and oxygen atoms in total. The minimum absolute atomic E-state index is 0.0366. The number of carbonyl (C=O) groups excluding carboxylic acids is 2. The molecule has 176 valence electrons. The Balaban J connectivity index is 1.14.